The summed E-state index contributed by atoms with van der Waals surface area (Å²) in [5.41, 5.74) is 2.14. The van der Waals surface area contributed by atoms with Gasteiger partial charge in [-0.2, -0.15) is 5.26 Å². The van der Waals surface area contributed by atoms with E-state index in [4.69, 9.17) is 9.72 Å². The van der Waals surface area contributed by atoms with Crippen LogP contribution in [0, 0.1) is 17.2 Å². The first-order valence-corrected chi connectivity index (χ1v) is 9.65. The Morgan fingerprint density at radius 3 is 2.71 bits per heavy atom. The maximum absolute atomic E-state index is 12.9. The fraction of sp³-hybridized carbons (Fsp3) is 0.455. The van der Waals surface area contributed by atoms with Crippen LogP contribution in [-0.2, 0) is 22.4 Å². The second-order valence-electron chi connectivity index (χ2n) is 7.73. The van der Waals surface area contributed by atoms with E-state index in [0.717, 1.165) is 47.8 Å². The smallest absolute Gasteiger partial charge is 0.339 e. The zero-order valence-corrected chi connectivity index (χ0v) is 16.5. The van der Waals surface area contributed by atoms with E-state index in [0.29, 0.717) is 5.56 Å². The van der Waals surface area contributed by atoms with Crippen LogP contribution in [0.3, 0.4) is 0 Å². The van der Waals surface area contributed by atoms with Gasteiger partial charge in [-0.25, -0.2) is 4.79 Å². The molecule has 1 N–H and O–H groups in total. The molecule has 6 nitrogen and oxygen atoms in total. The molecule has 0 aliphatic heterocycles. The van der Waals surface area contributed by atoms with Crippen LogP contribution in [0.5, 0.6) is 0 Å². The van der Waals surface area contributed by atoms with Gasteiger partial charge in [-0.3, -0.25) is 9.78 Å². The molecule has 1 aromatic heterocycles. The van der Waals surface area contributed by atoms with Gasteiger partial charge in [0.15, 0.2) is 6.61 Å². The standard InChI is InChI=1S/C22H25N3O3/c1-14(2)22(3,13-23)25-19(26)12-28-21(27)20-15-8-4-6-10-17(15)24-18-11-7-5-9-16(18)20/h4,6,8,10,14H,5,7,9,11-12H2,1-3H3,(H,25,26)/t22-/m1/s1. The molecule has 28 heavy (non-hydrogen) atoms. The Morgan fingerprint density at radius 2 is 2.00 bits per heavy atom. The first kappa shape index (κ1) is 19.8. The molecular weight excluding hydrogens is 354 g/mol. The Balaban J connectivity index is 1.83. The van der Waals surface area contributed by atoms with Gasteiger partial charge in [0, 0.05) is 11.1 Å². The summed E-state index contributed by atoms with van der Waals surface area (Å²) in [6.07, 6.45) is 3.68. The van der Waals surface area contributed by atoms with E-state index in [9.17, 15) is 14.9 Å². The summed E-state index contributed by atoms with van der Waals surface area (Å²) in [6.45, 7) is 4.94. The SMILES string of the molecule is CC(C)[C@@](C)(C#N)NC(=O)COC(=O)c1c2c(nc3ccccc13)CCCC2. The number of hydrogen-bond donors (Lipinski definition) is 1. The average molecular weight is 379 g/mol. The van der Waals surface area contributed by atoms with Crippen molar-refractivity contribution in [2.24, 2.45) is 5.92 Å². The monoisotopic (exact) mass is 379 g/mol. The molecule has 1 heterocycles. The van der Waals surface area contributed by atoms with E-state index >= 15 is 0 Å². The first-order chi connectivity index (χ1) is 13.4. The second-order valence-corrected chi connectivity index (χ2v) is 7.73. The average Bonchev–Trinajstić information content (AvgIpc) is 2.69. The van der Waals surface area contributed by atoms with E-state index < -0.39 is 24.0 Å². The number of nitriles is 1. The maximum Gasteiger partial charge on any atom is 0.339 e. The topological polar surface area (TPSA) is 92.1 Å². The largest absolute Gasteiger partial charge is 0.452 e. The molecule has 1 atom stereocenters. The number of rotatable bonds is 5. The molecule has 146 valence electrons. The Kier molecular flexibility index (Phi) is 5.64. The van der Waals surface area contributed by atoms with Crippen molar-refractivity contribution in [3.63, 3.8) is 0 Å². The number of aryl methyl sites for hydroxylation is 1. The summed E-state index contributed by atoms with van der Waals surface area (Å²) in [5, 5.41) is 12.7. The lowest BCUT2D eigenvalue weighted by molar-refractivity contribution is -0.125. The Morgan fingerprint density at radius 1 is 1.29 bits per heavy atom. The van der Waals surface area contributed by atoms with Gasteiger partial charge < -0.3 is 10.1 Å². The Labute approximate surface area is 164 Å². The van der Waals surface area contributed by atoms with Crippen LogP contribution in [0.4, 0.5) is 0 Å². The Hall–Kier alpha value is -2.94. The number of amides is 1. The summed E-state index contributed by atoms with van der Waals surface area (Å²) in [5.74, 6) is -1.08. The van der Waals surface area contributed by atoms with Gasteiger partial charge in [0.2, 0.25) is 0 Å². The lowest BCUT2D eigenvalue weighted by atomic mass is 9.90. The molecule has 6 heteroatoms. The minimum atomic E-state index is -1.01. The van der Waals surface area contributed by atoms with Gasteiger partial charge in [-0.15, -0.1) is 0 Å². The first-order valence-electron chi connectivity index (χ1n) is 9.65. The van der Waals surface area contributed by atoms with E-state index in [1.54, 1.807) is 6.92 Å². The highest BCUT2D eigenvalue weighted by Crippen LogP contribution is 2.29. The van der Waals surface area contributed by atoms with Crippen molar-refractivity contribution in [3.8, 4) is 6.07 Å². The van der Waals surface area contributed by atoms with E-state index in [1.807, 2.05) is 38.1 Å². The molecule has 0 saturated carbocycles. The van der Waals surface area contributed by atoms with Gasteiger partial charge in [-0.1, -0.05) is 32.0 Å². The fourth-order valence-corrected chi connectivity index (χ4v) is 3.44. The molecule has 0 unspecified atom stereocenters. The van der Waals surface area contributed by atoms with Crippen molar-refractivity contribution in [2.45, 2.75) is 52.0 Å². The van der Waals surface area contributed by atoms with Crippen LogP contribution in [0.25, 0.3) is 10.9 Å². The predicted octanol–water partition coefficient (Wildman–Crippen LogP) is 3.32. The number of hydrogen-bond acceptors (Lipinski definition) is 5. The van der Waals surface area contributed by atoms with Crippen molar-refractivity contribution >= 4 is 22.8 Å². The highest BCUT2D eigenvalue weighted by atomic mass is 16.5. The number of carbonyl (C=O) groups is 2. The lowest BCUT2D eigenvalue weighted by Crippen LogP contribution is -2.50. The number of ether oxygens (including phenoxy) is 1. The number of para-hydroxylation sites is 1. The summed E-state index contributed by atoms with van der Waals surface area (Å²) in [6, 6.07) is 9.61. The van der Waals surface area contributed by atoms with Gasteiger partial charge in [0.1, 0.15) is 5.54 Å². The number of fused-ring (bicyclic) bond motifs is 2. The molecule has 1 aromatic carbocycles. The number of nitrogens with zero attached hydrogens (tertiary/aromatic N) is 2. The van der Waals surface area contributed by atoms with Crippen molar-refractivity contribution in [3.05, 3.63) is 41.1 Å². The van der Waals surface area contributed by atoms with Crippen LogP contribution in [0.1, 0.15) is 55.2 Å². The lowest BCUT2D eigenvalue weighted by Gasteiger charge is -2.27. The minimum absolute atomic E-state index is 0.0756. The number of nitrogens with one attached hydrogen (secondary N) is 1. The van der Waals surface area contributed by atoms with Crippen LogP contribution in [0.2, 0.25) is 0 Å². The molecule has 1 amide bonds. The summed E-state index contributed by atoms with van der Waals surface area (Å²) in [4.78, 5) is 29.9. The van der Waals surface area contributed by atoms with Crippen LogP contribution < -0.4 is 5.32 Å². The normalized spacial score (nSPS) is 15.4. The van der Waals surface area contributed by atoms with E-state index in [2.05, 4.69) is 11.4 Å². The molecule has 0 bridgehead atoms. The molecule has 1 aliphatic carbocycles. The van der Waals surface area contributed by atoms with Crippen LogP contribution >= 0.6 is 0 Å². The number of benzene rings is 1. The molecule has 2 aromatic rings. The minimum Gasteiger partial charge on any atom is -0.452 e. The zero-order valence-electron chi connectivity index (χ0n) is 16.5. The third kappa shape index (κ3) is 3.84. The van der Waals surface area contributed by atoms with Gasteiger partial charge in [-0.05, 0) is 50.2 Å². The highest BCUT2D eigenvalue weighted by molar-refractivity contribution is 6.05. The molecule has 0 saturated heterocycles. The molecule has 0 radical (unpaired) electrons. The van der Waals surface area contributed by atoms with Crippen molar-refractivity contribution in [1.29, 1.82) is 5.26 Å². The summed E-state index contributed by atoms with van der Waals surface area (Å²) >= 11 is 0. The fourth-order valence-electron chi connectivity index (χ4n) is 3.44. The molecule has 1 aliphatic rings. The third-order valence-electron chi connectivity index (χ3n) is 5.49. The number of pyridine rings is 1. The van der Waals surface area contributed by atoms with Crippen molar-refractivity contribution < 1.29 is 14.3 Å². The van der Waals surface area contributed by atoms with E-state index in [1.165, 1.54) is 0 Å². The molecule has 0 spiro atoms. The third-order valence-corrected chi connectivity index (χ3v) is 5.49. The molecular formula is C22H25N3O3. The predicted molar refractivity (Wildman–Crippen MR) is 106 cm³/mol. The highest BCUT2D eigenvalue weighted by Gasteiger charge is 2.30. The summed E-state index contributed by atoms with van der Waals surface area (Å²) in [7, 11) is 0. The summed E-state index contributed by atoms with van der Waals surface area (Å²) < 4.78 is 5.35. The van der Waals surface area contributed by atoms with Gasteiger partial charge >= 0.3 is 5.97 Å². The maximum atomic E-state index is 12.9. The number of carbonyl (C=O) groups excluding carboxylic acids is 2. The Bertz CT molecular complexity index is 961. The van der Waals surface area contributed by atoms with Crippen LogP contribution in [-0.4, -0.2) is 29.0 Å². The van der Waals surface area contributed by atoms with Crippen LogP contribution in [0.15, 0.2) is 24.3 Å². The zero-order chi connectivity index (χ0) is 20.3. The van der Waals surface area contributed by atoms with Gasteiger partial charge in [0.25, 0.3) is 5.91 Å². The van der Waals surface area contributed by atoms with E-state index in [-0.39, 0.29) is 5.92 Å². The second kappa shape index (κ2) is 7.97. The molecule has 0 fully saturated rings. The quantitative estimate of drug-likeness (QED) is 0.805. The number of esters is 1. The van der Waals surface area contributed by atoms with Gasteiger partial charge in [0.05, 0.1) is 17.1 Å². The number of aromatic nitrogens is 1. The van der Waals surface area contributed by atoms with Crippen molar-refractivity contribution in [1.82, 2.24) is 10.3 Å². The van der Waals surface area contributed by atoms with Crippen molar-refractivity contribution in [2.75, 3.05) is 6.61 Å². The molecule has 3 rings (SSSR count).